The number of H-pyrrole nitrogens is 1. The van der Waals surface area contributed by atoms with E-state index in [0.29, 0.717) is 16.8 Å². The van der Waals surface area contributed by atoms with Crippen LogP contribution in [0.1, 0.15) is 0 Å². The zero-order valence-electron chi connectivity index (χ0n) is 7.21. The Morgan fingerprint density at radius 3 is 3.00 bits per heavy atom. The van der Waals surface area contributed by atoms with E-state index < -0.39 is 0 Å². The Morgan fingerprint density at radius 2 is 2.54 bits per heavy atom. The number of aromatic amines is 1. The maximum absolute atomic E-state index is 10.9. The summed E-state index contributed by atoms with van der Waals surface area (Å²) in [5.74, 6) is 1.12. The molecular formula is C7H10ClN3OS. The van der Waals surface area contributed by atoms with Crippen molar-refractivity contribution in [3.05, 3.63) is 22.6 Å². The highest BCUT2D eigenvalue weighted by atomic mass is 35.5. The number of nitrogens with one attached hydrogen (secondary N) is 1. The van der Waals surface area contributed by atoms with Crippen molar-refractivity contribution < 1.29 is 0 Å². The monoisotopic (exact) mass is 219 g/mol. The number of nitrogens with zero attached hydrogens (tertiary/aromatic N) is 2. The van der Waals surface area contributed by atoms with Gasteiger partial charge in [-0.25, -0.2) is 9.89 Å². The Hall–Kier alpha value is -0.680. The molecule has 72 valence electrons. The maximum Gasteiger partial charge on any atom is 0.343 e. The lowest BCUT2D eigenvalue weighted by Gasteiger charge is -1.99. The van der Waals surface area contributed by atoms with E-state index in [1.807, 2.05) is 0 Å². The predicted octanol–water partition coefficient (Wildman–Crippen LogP) is 0.995. The number of rotatable bonds is 4. The van der Waals surface area contributed by atoms with E-state index in [0.717, 1.165) is 5.57 Å². The fraction of sp³-hybridized carbons (Fsp3) is 0.429. The molecule has 13 heavy (non-hydrogen) atoms. The van der Waals surface area contributed by atoms with Crippen LogP contribution in [-0.4, -0.2) is 26.4 Å². The fourth-order valence-corrected chi connectivity index (χ4v) is 1.70. The Kier molecular flexibility index (Phi) is 3.62. The van der Waals surface area contributed by atoms with Gasteiger partial charge in [0.15, 0.2) is 5.16 Å². The molecule has 0 aromatic carbocycles. The van der Waals surface area contributed by atoms with Crippen LogP contribution in [0.15, 0.2) is 22.1 Å². The van der Waals surface area contributed by atoms with Crippen molar-refractivity contribution in [2.45, 2.75) is 5.16 Å². The van der Waals surface area contributed by atoms with E-state index in [9.17, 15) is 4.79 Å². The summed E-state index contributed by atoms with van der Waals surface area (Å²) in [5, 5.41) is 6.83. The van der Waals surface area contributed by atoms with Crippen LogP contribution >= 0.6 is 23.4 Å². The Labute approximate surface area is 85.0 Å². The molecule has 1 aromatic rings. The minimum Gasteiger partial charge on any atom is -0.273 e. The molecule has 0 amide bonds. The average molecular weight is 220 g/mol. The first-order chi connectivity index (χ1) is 6.15. The van der Waals surface area contributed by atoms with Gasteiger partial charge in [-0.3, -0.25) is 4.57 Å². The summed E-state index contributed by atoms with van der Waals surface area (Å²) in [5.41, 5.74) is 0.709. The van der Waals surface area contributed by atoms with Crippen molar-refractivity contribution >= 4 is 23.4 Å². The first-order valence-electron chi connectivity index (χ1n) is 3.62. The van der Waals surface area contributed by atoms with Crippen LogP contribution in [0.2, 0.25) is 0 Å². The molecule has 0 aliphatic rings. The van der Waals surface area contributed by atoms with Crippen LogP contribution in [0.25, 0.3) is 0 Å². The minimum absolute atomic E-state index is 0.209. The highest BCUT2D eigenvalue weighted by Crippen LogP contribution is 2.15. The molecule has 1 rings (SSSR count). The lowest BCUT2D eigenvalue weighted by Crippen LogP contribution is -2.13. The number of hydrogen-bond acceptors (Lipinski definition) is 3. The van der Waals surface area contributed by atoms with E-state index in [2.05, 4.69) is 16.8 Å². The number of hydrogen-bond donors (Lipinski definition) is 1. The van der Waals surface area contributed by atoms with E-state index in [4.69, 9.17) is 11.6 Å². The predicted molar refractivity (Wildman–Crippen MR) is 54.4 cm³/mol. The summed E-state index contributed by atoms with van der Waals surface area (Å²) < 4.78 is 1.45. The molecule has 0 aliphatic heterocycles. The minimum atomic E-state index is -0.209. The third-order valence-electron chi connectivity index (χ3n) is 1.43. The van der Waals surface area contributed by atoms with E-state index in [-0.39, 0.29) is 5.69 Å². The summed E-state index contributed by atoms with van der Waals surface area (Å²) in [6, 6.07) is 0. The first kappa shape index (κ1) is 10.4. The third-order valence-corrected chi connectivity index (χ3v) is 2.99. The van der Waals surface area contributed by atoms with Gasteiger partial charge in [-0.15, -0.1) is 16.7 Å². The Bertz CT molecular complexity index is 357. The van der Waals surface area contributed by atoms with Crippen molar-refractivity contribution in [1.29, 1.82) is 0 Å². The molecule has 4 nitrogen and oxygen atoms in total. The van der Waals surface area contributed by atoms with Gasteiger partial charge < -0.3 is 0 Å². The van der Waals surface area contributed by atoms with Crippen LogP contribution in [0.4, 0.5) is 0 Å². The molecule has 1 heterocycles. The summed E-state index contributed by atoms with van der Waals surface area (Å²) in [7, 11) is 1.66. The lowest BCUT2D eigenvalue weighted by atomic mass is 10.4. The van der Waals surface area contributed by atoms with E-state index in [1.54, 1.807) is 7.05 Å². The second-order valence-corrected chi connectivity index (χ2v) is 3.75. The van der Waals surface area contributed by atoms with Gasteiger partial charge in [-0.2, -0.15) is 0 Å². The molecule has 0 unspecified atom stereocenters. The highest BCUT2D eigenvalue weighted by Gasteiger charge is 2.04. The maximum atomic E-state index is 10.9. The van der Waals surface area contributed by atoms with Crippen LogP contribution in [-0.2, 0) is 7.05 Å². The van der Waals surface area contributed by atoms with Crippen molar-refractivity contribution in [3.63, 3.8) is 0 Å². The molecule has 1 aromatic heterocycles. The van der Waals surface area contributed by atoms with E-state index in [1.165, 1.54) is 16.3 Å². The molecule has 0 saturated heterocycles. The molecule has 0 saturated carbocycles. The zero-order valence-corrected chi connectivity index (χ0v) is 8.78. The van der Waals surface area contributed by atoms with Gasteiger partial charge in [0, 0.05) is 18.7 Å². The SMILES string of the molecule is C=C(CCl)CSc1n[nH]c(=O)n1C. The second-order valence-electron chi connectivity index (χ2n) is 2.54. The number of thioether (sulfide) groups is 1. The second kappa shape index (κ2) is 4.53. The molecule has 0 bridgehead atoms. The standard InChI is InChI=1S/C7H10ClN3OS/c1-5(3-8)4-13-7-10-9-6(12)11(7)2/h1,3-4H2,2H3,(H,9,12). The largest absolute Gasteiger partial charge is 0.343 e. The topological polar surface area (TPSA) is 50.7 Å². The molecule has 0 aliphatic carbocycles. The zero-order chi connectivity index (χ0) is 9.84. The molecule has 1 N–H and O–H groups in total. The van der Waals surface area contributed by atoms with Crippen LogP contribution in [0.5, 0.6) is 0 Å². The molecule has 0 fully saturated rings. The van der Waals surface area contributed by atoms with Gasteiger partial charge in [0.2, 0.25) is 0 Å². The summed E-state index contributed by atoms with van der Waals surface area (Å²) in [6.45, 7) is 3.75. The molecule has 0 radical (unpaired) electrons. The quantitative estimate of drug-likeness (QED) is 0.467. The lowest BCUT2D eigenvalue weighted by molar-refractivity contribution is 0.766. The third kappa shape index (κ3) is 2.63. The summed E-state index contributed by atoms with van der Waals surface area (Å²) >= 11 is 6.99. The molecule has 6 heteroatoms. The van der Waals surface area contributed by atoms with Crippen molar-refractivity contribution in [2.24, 2.45) is 7.05 Å². The van der Waals surface area contributed by atoms with Gasteiger partial charge >= 0.3 is 5.69 Å². The van der Waals surface area contributed by atoms with E-state index >= 15 is 0 Å². The van der Waals surface area contributed by atoms with Crippen LogP contribution in [0, 0.1) is 0 Å². The summed E-state index contributed by atoms with van der Waals surface area (Å²) in [6.07, 6.45) is 0. The number of aromatic nitrogens is 3. The number of halogens is 1. The average Bonchev–Trinajstić information content (AvgIpc) is 2.44. The summed E-state index contributed by atoms with van der Waals surface area (Å²) in [4.78, 5) is 10.9. The first-order valence-corrected chi connectivity index (χ1v) is 5.14. The fourth-order valence-electron chi connectivity index (χ4n) is 0.667. The van der Waals surface area contributed by atoms with Gasteiger partial charge in [0.05, 0.1) is 0 Å². The van der Waals surface area contributed by atoms with Gasteiger partial charge in [0.1, 0.15) is 0 Å². The van der Waals surface area contributed by atoms with Gasteiger partial charge in [-0.05, 0) is 0 Å². The van der Waals surface area contributed by atoms with Gasteiger partial charge in [0.25, 0.3) is 0 Å². The normalized spacial score (nSPS) is 10.3. The highest BCUT2D eigenvalue weighted by molar-refractivity contribution is 7.99. The smallest absolute Gasteiger partial charge is 0.273 e. The number of alkyl halides is 1. The van der Waals surface area contributed by atoms with Crippen LogP contribution < -0.4 is 5.69 Å². The van der Waals surface area contributed by atoms with Crippen molar-refractivity contribution in [3.8, 4) is 0 Å². The van der Waals surface area contributed by atoms with Gasteiger partial charge in [-0.1, -0.05) is 23.9 Å². The Morgan fingerprint density at radius 1 is 1.85 bits per heavy atom. The van der Waals surface area contributed by atoms with Crippen molar-refractivity contribution in [1.82, 2.24) is 14.8 Å². The Balaban J connectivity index is 2.60. The molecule has 0 atom stereocenters. The van der Waals surface area contributed by atoms with Crippen LogP contribution in [0.3, 0.4) is 0 Å². The molecule has 0 spiro atoms. The molecular weight excluding hydrogens is 210 g/mol. The van der Waals surface area contributed by atoms with Crippen molar-refractivity contribution in [2.75, 3.05) is 11.6 Å².